The van der Waals surface area contributed by atoms with Gasteiger partial charge in [-0.2, -0.15) is 0 Å². The van der Waals surface area contributed by atoms with Crippen LogP contribution in [0.1, 0.15) is 40.2 Å². The number of ketones is 1. The average molecular weight is 446 g/mol. The minimum Gasteiger partial charge on any atom is -0.458 e. The first-order valence-corrected chi connectivity index (χ1v) is 10.5. The molecular weight excluding hydrogens is 424 g/mol. The number of aromatic nitrogens is 2. The summed E-state index contributed by atoms with van der Waals surface area (Å²) >= 11 is 0. The van der Waals surface area contributed by atoms with Gasteiger partial charge in [-0.3, -0.25) is 19.1 Å². The highest BCUT2D eigenvalue weighted by Crippen LogP contribution is 2.33. The molecule has 9 nitrogen and oxygen atoms in total. The Morgan fingerprint density at radius 2 is 1.88 bits per heavy atom. The van der Waals surface area contributed by atoms with Crippen LogP contribution in [0.5, 0.6) is 0 Å². The van der Waals surface area contributed by atoms with E-state index in [9.17, 15) is 14.4 Å². The molecule has 1 aliphatic heterocycles. The summed E-state index contributed by atoms with van der Waals surface area (Å²) in [6, 6.07) is 11.9. The van der Waals surface area contributed by atoms with Crippen LogP contribution in [0.3, 0.4) is 0 Å². The molecule has 1 aliphatic rings. The molecule has 1 fully saturated rings. The van der Waals surface area contributed by atoms with Gasteiger partial charge in [-0.15, -0.1) is 0 Å². The van der Waals surface area contributed by atoms with Crippen molar-refractivity contribution in [2.75, 3.05) is 6.54 Å². The molecular formula is C24H22N4O5. The van der Waals surface area contributed by atoms with Crippen LogP contribution >= 0.6 is 0 Å². The highest BCUT2D eigenvalue weighted by molar-refractivity contribution is 6.11. The standard InChI is InChI=1S/C24H22N4O5/c1-13-9-17(15(3)28(13)21-10-14(2)33-26-21)18(29)12-27-22(30)24(4,25-23(27)31)20-11-16-7-5-6-8-19(16)32-20/h5-11H,12H2,1-4H3,(H,25,31)/t24-/m0/s1. The largest absolute Gasteiger partial charge is 0.458 e. The molecule has 0 bridgehead atoms. The number of para-hydroxylation sites is 1. The maximum absolute atomic E-state index is 13.3. The molecule has 1 N–H and O–H groups in total. The fraction of sp³-hybridized carbons (Fsp3) is 0.250. The summed E-state index contributed by atoms with van der Waals surface area (Å²) in [5, 5.41) is 7.52. The number of imide groups is 1. The third-order valence-electron chi connectivity index (χ3n) is 6.07. The number of hydrogen-bond acceptors (Lipinski definition) is 6. The third-order valence-corrected chi connectivity index (χ3v) is 6.07. The van der Waals surface area contributed by atoms with E-state index in [0.717, 1.165) is 16.0 Å². The fourth-order valence-electron chi connectivity index (χ4n) is 4.32. The van der Waals surface area contributed by atoms with Gasteiger partial charge in [-0.1, -0.05) is 23.4 Å². The summed E-state index contributed by atoms with van der Waals surface area (Å²) in [6.07, 6.45) is 0. The van der Waals surface area contributed by atoms with E-state index in [0.29, 0.717) is 34.2 Å². The molecule has 5 rings (SSSR count). The molecule has 0 unspecified atom stereocenters. The van der Waals surface area contributed by atoms with E-state index in [1.807, 2.05) is 25.1 Å². The van der Waals surface area contributed by atoms with E-state index in [1.54, 1.807) is 49.6 Å². The zero-order valence-corrected chi connectivity index (χ0v) is 18.6. The van der Waals surface area contributed by atoms with Crippen LogP contribution in [0.25, 0.3) is 16.8 Å². The minimum absolute atomic E-state index is 0.316. The highest BCUT2D eigenvalue weighted by atomic mass is 16.5. The number of carbonyl (C=O) groups is 3. The lowest BCUT2D eigenvalue weighted by Gasteiger charge is -2.18. The first-order valence-electron chi connectivity index (χ1n) is 10.5. The van der Waals surface area contributed by atoms with Crippen molar-refractivity contribution in [1.29, 1.82) is 0 Å². The van der Waals surface area contributed by atoms with Gasteiger partial charge in [0, 0.05) is 28.4 Å². The molecule has 4 aromatic rings. The van der Waals surface area contributed by atoms with Crippen LogP contribution < -0.4 is 5.32 Å². The Kier molecular flexibility index (Phi) is 4.52. The van der Waals surface area contributed by atoms with Gasteiger partial charge >= 0.3 is 6.03 Å². The lowest BCUT2D eigenvalue weighted by molar-refractivity contribution is -0.131. The number of carbonyl (C=O) groups excluding carboxylic acids is 3. The molecule has 0 spiro atoms. The van der Waals surface area contributed by atoms with Crippen molar-refractivity contribution in [2.24, 2.45) is 0 Å². The van der Waals surface area contributed by atoms with Gasteiger partial charge in [0.1, 0.15) is 17.1 Å². The van der Waals surface area contributed by atoms with Crippen LogP contribution in [-0.4, -0.2) is 38.9 Å². The number of benzene rings is 1. The molecule has 1 saturated heterocycles. The van der Waals surface area contributed by atoms with E-state index < -0.39 is 17.5 Å². The Morgan fingerprint density at radius 3 is 2.58 bits per heavy atom. The fourth-order valence-corrected chi connectivity index (χ4v) is 4.32. The van der Waals surface area contributed by atoms with E-state index in [4.69, 9.17) is 8.94 Å². The number of fused-ring (bicyclic) bond motifs is 1. The Morgan fingerprint density at radius 1 is 1.12 bits per heavy atom. The average Bonchev–Trinajstić information content (AvgIpc) is 3.51. The van der Waals surface area contributed by atoms with Gasteiger partial charge in [0.2, 0.25) is 0 Å². The summed E-state index contributed by atoms with van der Waals surface area (Å²) in [7, 11) is 0. The second-order valence-electron chi connectivity index (χ2n) is 8.43. The van der Waals surface area contributed by atoms with Gasteiger partial charge in [0.15, 0.2) is 17.1 Å². The number of nitrogens with zero attached hydrogens (tertiary/aromatic N) is 3. The number of urea groups is 1. The maximum atomic E-state index is 13.3. The molecule has 3 aromatic heterocycles. The van der Waals surface area contributed by atoms with Crippen molar-refractivity contribution in [3.05, 3.63) is 70.9 Å². The zero-order valence-electron chi connectivity index (χ0n) is 18.6. The number of nitrogens with one attached hydrogen (secondary N) is 1. The van der Waals surface area contributed by atoms with E-state index >= 15 is 0 Å². The van der Waals surface area contributed by atoms with E-state index in [1.165, 1.54) is 0 Å². The Labute approximate surface area is 188 Å². The number of rotatable bonds is 5. The molecule has 0 radical (unpaired) electrons. The SMILES string of the molecule is Cc1cc(-n2c(C)cc(C(=O)CN3C(=O)N[C@@](C)(c4cc5ccccc5o4)C3=O)c2C)no1. The van der Waals surface area contributed by atoms with Crippen molar-refractivity contribution < 1.29 is 23.3 Å². The molecule has 0 saturated carbocycles. The van der Waals surface area contributed by atoms with Crippen LogP contribution in [0.15, 0.2) is 51.4 Å². The molecule has 4 heterocycles. The van der Waals surface area contributed by atoms with Crippen LogP contribution in [0.4, 0.5) is 4.79 Å². The van der Waals surface area contributed by atoms with E-state index in [-0.39, 0.29) is 12.3 Å². The van der Waals surface area contributed by atoms with Crippen molar-refractivity contribution in [3.63, 3.8) is 0 Å². The van der Waals surface area contributed by atoms with Gasteiger partial charge in [0.05, 0.1) is 6.54 Å². The van der Waals surface area contributed by atoms with Crippen LogP contribution in [0, 0.1) is 20.8 Å². The molecule has 0 aliphatic carbocycles. The number of hydrogen-bond donors (Lipinski definition) is 1. The molecule has 33 heavy (non-hydrogen) atoms. The number of amides is 3. The van der Waals surface area contributed by atoms with Crippen LogP contribution in [0.2, 0.25) is 0 Å². The first kappa shape index (κ1) is 20.7. The summed E-state index contributed by atoms with van der Waals surface area (Å²) in [4.78, 5) is 40.1. The summed E-state index contributed by atoms with van der Waals surface area (Å²) < 4.78 is 12.8. The lowest BCUT2D eigenvalue weighted by Crippen LogP contribution is -2.41. The van der Waals surface area contributed by atoms with Gasteiger partial charge < -0.3 is 14.3 Å². The third kappa shape index (κ3) is 3.15. The first-order chi connectivity index (χ1) is 15.7. The van der Waals surface area contributed by atoms with Crippen molar-refractivity contribution >= 4 is 28.7 Å². The number of furan rings is 1. The normalized spacial score (nSPS) is 18.4. The molecule has 168 valence electrons. The predicted octanol–water partition coefficient (Wildman–Crippen LogP) is 3.79. The Bertz CT molecular complexity index is 1410. The van der Waals surface area contributed by atoms with Crippen LogP contribution in [-0.2, 0) is 10.3 Å². The van der Waals surface area contributed by atoms with Crippen molar-refractivity contribution in [1.82, 2.24) is 19.9 Å². The summed E-state index contributed by atoms with van der Waals surface area (Å²) in [5.74, 6) is 0.632. The minimum atomic E-state index is -1.40. The highest BCUT2D eigenvalue weighted by Gasteiger charge is 2.51. The summed E-state index contributed by atoms with van der Waals surface area (Å²) in [6.45, 7) is 6.61. The monoisotopic (exact) mass is 446 g/mol. The van der Waals surface area contributed by atoms with E-state index in [2.05, 4.69) is 10.5 Å². The van der Waals surface area contributed by atoms with Gasteiger partial charge in [-0.25, -0.2) is 4.79 Å². The second kappa shape index (κ2) is 7.19. The number of aryl methyl sites for hydroxylation is 2. The number of Topliss-reactive ketones (excluding diaryl/α,β-unsaturated/α-hetero) is 1. The topological polar surface area (TPSA) is 111 Å². The smallest absolute Gasteiger partial charge is 0.325 e. The zero-order chi connectivity index (χ0) is 23.5. The maximum Gasteiger partial charge on any atom is 0.325 e. The molecule has 3 amide bonds. The van der Waals surface area contributed by atoms with Crippen molar-refractivity contribution in [2.45, 2.75) is 33.2 Å². The Balaban J connectivity index is 1.42. The molecule has 1 atom stereocenters. The second-order valence-corrected chi connectivity index (χ2v) is 8.43. The lowest BCUT2D eigenvalue weighted by atomic mass is 9.98. The van der Waals surface area contributed by atoms with Gasteiger partial charge in [0.25, 0.3) is 5.91 Å². The van der Waals surface area contributed by atoms with Gasteiger partial charge in [-0.05, 0) is 45.9 Å². The molecule has 9 heteroatoms. The Hall–Kier alpha value is -4.14. The quantitative estimate of drug-likeness (QED) is 0.369. The predicted molar refractivity (Wildman–Crippen MR) is 118 cm³/mol. The van der Waals surface area contributed by atoms with Crippen molar-refractivity contribution in [3.8, 4) is 5.82 Å². The molecule has 1 aromatic carbocycles. The summed E-state index contributed by atoms with van der Waals surface area (Å²) in [5.41, 5.74) is 1.06.